The maximum Gasteiger partial charge on any atom is 0.0519 e. The minimum Gasteiger partial charge on any atom is -0.369 e. The second kappa shape index (κ2) is 5.02. The molecular formula is C13H14BrNS. The highest BCUT2D eigenvalue weighted by Gasteiger charge is 2.03. The van der Waals surface area contributed by atoms with E-state index in [-0.39, 0.29) is 0 Å². The fraction of sp³-hybridized carbons (Fsp3) is 0.231. The Morgan fingerprint density at radius 1 is 1.25 bits per heavy atom. The third kappa shape index (κ3) is 2.86. The van der Waals surface area contributed by atoms with Gasteiger partial charge in [-0.25, -0.2) is 0 Å². The van der Waals surface area contributed by atoms with Crippen LogP contribution in [0.5, 0.6) is 0 Å². The molecule has 0 unspecified atom stereocenters. The number of nitrogens with zero attached hydrogens (tertiary/aromatic N) is 1. The van der Waals surface area contributed by atoms with Crippen LogP contribution < -0.4 is 4.90 Å². The van der Waals surface area contributed by atoms with E-state index in [9.17, 15) is 0 Å². The predicted octanol–water partition coefficient (Wildman–Crippen LogP) is 4.46. The zero-order valence-corrected chi connectivity index (χ0v) is 11.8. The Labute approximate surface area is 109 Å². The lowest BCUT2D eigenvalue weighted by Gasteiger charge is -2.18. The number of hydrogen-bond donors (Lipinski definition) is 0. The summed E-state index contributed by atoms with van der Waals surface area (Å²) in [4.78, 5) is 3.63. The highest BCUT2D eigenvalue weighted by molar-refractivity contribution is 9.10. The van der Waals surface area contributed by atoms with Gasteiger partial charge in [0.1, 0.15) is 0 Å². The second-order valence-corrected chi connectivity index (χ2v) is 5.83. The van der Waals surface area contributed by atoms with Crippen LogP contribution in [0.1, 0.15) is 10.4 Å². The summed E-state index contributed by atoms with van der Waals surface area (Å²) in [6.07, 6.45) is 0. The Bertz CT molecular complexity index is 461. The van der Waals surface area contributed by atoms with E-state index in [1.807, 2.05) is 0 Å². The summed E-state index contributed by atoms with van der Waals surface area (Å²) in [5.74, 6) is 0. The molecule has 0 fully saturated rings. The van der Waals surface area contributed by atoms with Crippen molar-refractivity contribution in [2.24, 2.45) is 0 Å². The quantitative estimate of drug-likeness (QED) is 0.808. The molecule has 84 valence electrons. The fourth-order valence-electron chi connectivity index (χ4n) is 1.56. The van der Waals surface area contributed by atoms with Gasteiger partial charge in [0.25, 0.3) is 0 Å². The Kier molecular flexibility index (Phi) is 3.66. The Morgan fingerprint density at radius 2 is 1.94 bits per heavy atom. The lowest BCUT2D eigenvalue weighted by molar-refractivity contribution is 0.939. The van der Waals surface area contributed by atoms with Crippen LogP contribution in [0, 0.1) is 6.92 Å². The summed E-state index contributed by atoms with van der Waals surface area (Å²) in [5, 5.41) is 2.12. The Morgan fingerprint density at radius 3 is 2.50 bits per heavy atom. The SMILES string of the molecule is Cc1ccc(N(C)Cc2cc(Br)cs2)cc1. The number of thiophene rings is 1. The standard InChI is InChI=1S/C13H14BrNS/c1-10-3-5-12(6-4-10)15(2)8-13-7-11(14)9-16-13/h3-7,9H,8H2,1-2H3. The third-order valence-corrected chi connectivity index (χ3v) is 4.17. The number of halogens is 1. The van der Waals surface area contributed by atoms with Crippen LogP contribution in [-0.4, -0.2) is 7.05 Å². The van der Waals surface area contributed by atoms with Crippen LogP contribution in [-0.2, 0) is 6.54 Å². The van der Waals surface area contributed by atoms with Crippen molar-refractivity contribution in [3.63, 3.8) is 0 Å². The van der Waals surface area contributed by atoms with E-state index in [1.165, 1.54) is 20.6 Å². The molecule has 2 aromatic rings. The van der Waals surface area contributed by atoms with E-state index in [0.717, 1.165) is 6.54 Å². The van der Waals surface area contributed by atoms with Gasteiger partial charge in [0.15, 0.2) is 0 Å². The van der Waals surface area contributed by atoms with Crippen molar-refractivity contribution < 1.29 is 0 Å². The molecule has 1 aromatic carbocycles. The first-order valence-electron chi connectivity index (χ1n) is 5.16. The van der Waals surface area contributed by atoms with Gasteiger partial charge in [-0.1, -0.05) is 17.7 Å². The normalized spacial score (nSPS) is 10.4. The first kappa shape index (κ1) is 11.7. The molecule has 2 rings (SSSR count). The van der Waals surface area contributed by atoms with Crippen molar-refractivity contribution in [2.45, 2.75) is 13.5 Å². The van der Waals surface area contributed by atoms with E-state index in [4.69, 9.17) is 0 Å². The molecule has 0 aliphatic carbocycles. The van der Waals surface area contributed by atoms with Crippen molar-refractivity contribution in [1.82, 2.24) is 0 Å². The smallest absolute Gasteiger partial charge is 0.0519 e. The summed E-state index contributed by atoms with van der Waals surface area (Å²) in [7, 11) is 2.12. The molecule has 0 atom stereocenters. The molecular weight excluding hydrogens is 282 g/mol. The van der Waals surface area contributed by atoms with Crippen LogP contribution in [0.25, 0.3) is 0 Å². The van der Waals surface area contributed by atoms with E-state index in [2.05, 4.69) is 70.5 Å². The van der Waals surface area contributed by atoms with Crippen LogP contribution in [0.4, 0.5) is 5.69 Å². The van der Waals surface area contributed by atoms with Gasteiger partial charge >= 0.3 is 0 Å². The number of hydrogen-bond acceptors (Lipinski definition) is 2. The summed E-state index contributed by atoms with van der Waals surface area (Å²) in [5.41, 5.74) is 2.56. The molecule has 0 spiro atoms. The van der Waals surface area contributed by atoms with Gasteiger partial charge in [-0.3, -0.25) is 0 Å². The molecule has 0 saturated carbocycles. The summed E-state index contributed by atoms with van der Waals surface area (Å²) >= 11 is 5.27. The molecule has 3 heteroatoms. The average Bonchev–Trinajstić information content (AvgIpc) is 2.65. The molecule has 0 N–H and O–H groups in total. The van der Waals surface area contributed by atoms with Gasteiger partial charge in [0.05, 0.1) is 6.54 Å². The van der Waals surface area contributed by atoms with E-state index >= 15 is 0 Å². The Hall–Kier alpha value is -0.800. The van der Waals surface area contributed by atoms with Gasteiger partial charge in [-0.2, -0.15) is 0 Å². The monoisotopic (exact) mass is 295 g/mol. The largest absolute Gasteiger partial charge is 0.369 e. The van der Waals surface area contributed by atoms with Crippen LogP contribution in [0.3, 0.4) is 0 Å². The molecule has 0 aliphatic heterocycles. The van der Waals surface area contributed by atoms with Crippen LogP contribution >= 0.6 is 27.3 Å². The molecule has 1 aromatic heterocycles. The highest BCUT2D eigenvalue weighted by atomic mass is 79.9. The van der Waals surface area contributed by atoms with Gasteiger partial charge in [0, 0.05) is 27.5 Å². The molecule has 0 bridgehead atoms. The molecule has 0 aliphatic rings. The zero-order chi connectivity index (χ0) is 11.5. The third-order valence-electron chi connectivity index (χ3n) is 2.49. The van der Waals surface area contributed by atoms with Crippen molar-refractivity contribution in [2.75, 3.05) is 11.9 Å². The minimum absolute atomic E-state index is 0.958. The topological polar surface area (TPSA) is 3.24 Å². The van der Waals surface area contributed by atoms with Gasteiger partial charge in [-0.15, -0.1) is 11.3 Å². The van der Waals surface area contributed by atoms with E-state index in [1.54, 1.807) is 11.3 Å². The molecule has 1 nitrogen and oxygen atoms in total. The molecule has 0 radical (unpaired) electrons. The Balaban J connectivity index is 2.08. The number of rotatable bonds is 3. The lowest BCUT2D eigenvalue weighted by atomic mass is 10.2. The summed E-state index contributed by atoms with van der Waals surface area (Å²) in [6.45, 7) is 3.07. The van der Waals surface area contributed by atoms with Crippen molar-refractivity contribution in [3.8, 4) is 0 Å². The first-order chi connectivity index (χ1) is 7.65. The number of aryl methyl sites for hydroxylation is 1. The summed E-state index contributed by atoms with van der Waals surface area (Å²) in [6, 6.07) is 10.8. The van der Waals surface area contributed by atoms with Crippen LogP contribution in [0.2, 0.25) is 0 Å². The zero-order valence-electron chi connectivity index (χ0n) is 9.40. The minimum atomic E-state index is 0.958. The average molecular weight is 296 g/mol. The number of benzene rings is 1. The molecule has 1 heterocycles. The highest BCUT2D eigenvalue weighted by Crippen LogP contribution is 2.23. The summed E-state index contributed by atoms with van der Waals surface area (Å²) < 4.78 is 1.17. The molecule has 16 heavy (non-hydrogen) atoms. The fourth-order valence-corrected chi connectivity index (χ4v) is 3.06. The van der Waals surface area contributed by atoms with Gasteiger partial charge < -0.3 is 4.90 Å². The van der Waals surface area contributed by atoms with Gasteiger partial charge in [-0.05, 0) is 41.1 Å². The van der Waals surface area contributed by atoms with Crippen molar-refractivity contribution in [1.29, 1.82) is 0 Å². The molecule has 0 saturated heterocycles. The first-order valence-corrected chi connectivity index (χ1v) is 6.83. The lowest BCUT2D eigenvalue weighted by Crippen LogP contribution is -2.15. The predicted molar refractivity (Wildman–Crippen MR) is 75.3 cm³/mol. The van der Waals surface area contributed by atoms with Crippen molar-refractivity contribution >= 4 is 33.0 Å². The van der Waals surface area contributed by atoms with Gasteiger partial charge in [0.2, 0.25) is 0 Å². The molecule has 0 amide bonds. The number of anilines is 1. The second-order valence-electron chi connectivity index (χ2n) is 3.92. The maximum absolute atomic E-state index is 3.48. The maximum atomic E-state index is 3.48. The van der Waals surface area contributed by atoms with Crippen molar-refractivity contribution in [3.05, 3.63) is 50.6 Å². The van der Waals surface area contributed by atoms with E-state index < -0.39 is 0 Å². The van der Waals surface area contributed by atoms with E-state index in [0.29, 0.717) is 0 Å². The van der Waals surface area contributed by atoms with Crippen LogP contribution in [0.15, 0.2) is 40.2 Å².